The van der Waals surface area contributed by atoms with Gasteiger partial charge in [0.15, 0.2) is 5.78 Å². The predicted octanol–water partition coefficient (Wildman–Crippen LogP) is 4.01. The van der Waals surface area contributed by atoms with E-state index in [1.807, 2.05) is 18.2 Å². The summed E-state index contributed by atoms with van der Waals surface area (Å²) in [7, 11) is 0. The van der Waals surface area contributed by atoms with Gasteiger partial charge in [-0.25, -0.2) is 4.79 Å². The minimum Gasteiger partial charge on any atom is -0.478 e. The Labute approximate surface area is 125 Å². The van der Waals surface area contributed by atoms with Gasteiger partial charge in [0.1, 0.15) is 0 Å². The van der Waals surface area contributed by atoms with Gasteiger partial charge in [-0.05, 0) is 24.3 Å². The number of ketones is 1. The molecule has 0 aliphatic rings. The molecule has 0 radical (unpaired) electrons. The summed E-state index contributed by atoms with van der Waals surface area (Å²) in [6.07, 6.45) is 0. The number of halogens is 1. The molecule has 0 atom stereocenters. The van der Waals surface area contributed by atoms with E-state index < -0.39 is 5.97 Å². The third-order valence-corrected chi connectivity index (χ3v) is 4.16. The lowest BCUT2D eigenvalue weighted by Gasteiger charge is -2.04. The van der Waals surface area contributed by atoms with Gasteiger partial charge in [-0.3, -0.25) is 4.79 Å². The van der Waals surface area contributed by atoms with Crippen LogP contribution in [0.4, 0.5) is 0 Å². The number of carbonyl (C=O) groups is 2. The van der Waals surface area contributed by atoms with Crippen LogP contribution in [0.5, 0.6) is 0 Å². The normalized spacial score (nSPS) is 10.2. The molecule has 2 aromatic carbocycles. The zero-order valence-corrected chi connectivity index (χ0v) is 11.9. The molecule has 0 aliphatic carbocycles. The summed E-state index contributed by atoms with van der Waals surface area (Å²) in [5.41, 5.74) is 0.662. The number of aromatic carboxylic acids is 1. The first-order chi connectivity index (χ1) is 9.58. The average Bonchev–Trinajstić information content (AvgIpc) is 2.46. The molecule has 5 heteroatoms. The predicted molar refractivity (Wildman–Crippen MR) is 79.9 cm³/mol. The van der Waals surface area contributed by atoms with Gasteiger partial charge in [-0.15, -0.1) is 11.8 Å². The van der Waals surface area contributed by atoms with Gasteiger partial charge in [-0.1, -0.05) is 35.9 Å². The SMILES string of the molecule is O=C(O)c1ccc(C(=O)CSc2ccccc2Cl)cc1. The second-order valence-electron chi connectivity index (χ2n) is 4.02. The van der Waals surface area contributed by atoms with Crippen molar-refractivity contribution in [2.24, 2.45) is 0 Å². The number of carboxylic acid groups (broad SMARTS) is 1. The van der Waals surface area contributed by atoms with Crippen molar-refractivity contribution in [1.82, 2.24) is 0 Å². The van der Waals surface area contributed by atoms with Gasteiger partial charge >= 0.3 is 5.97 Å². The van der Waals surface area contributed by atoms with E-state index in [1.54, 1.807) is 6.07 Å². The van der Waals surface area contributed by atoms with Crippen molar-refractivity contribution in [1.29, 1.82) is 0 Å². The largest absolute Gasteiger partial charge is 0.478 e. The van der Waals surface area contributed by atoms with E-state index in [-0.39, 0.29) is 17.1 Å². The van der Waals surface area contributed by atoms with Crippen LogP contribution in [0.25, 0.3) is 0 Å². The van der Waals surface area contributed by atoms with Crippen molar-refractivity contribution in [3.05, 3.63) is 64.7 Å². The Hall–Kier alpha value is -1.78. The van der Waals surface area contributed by atoms with E-state index in [9.17, 15) is 9.59 Å². The number of thioether (sulfide) groups is 1. The van der Waals surface area contributed by atoms with E-state index in [0.717, 1.165) is 4.90 Å². The minimum atomic E-state index is -1.01. The molecule has 0 spiro atoms. The van der Waals surface area contributed by atoms with E-state index in [2.05, 4.69) is 0 Å². The Morgan fingerprint density at radius 1 is 1.00 bits per heavy atom. The van der Waals surface area contributed by atoms with Crippen molar-refractivity contribution >= 4 is 35.1 Å². The first kappa shape index (κ1) is 14.6. The number of carbonyl (C=O) groups excluding carboxylic acids is 1. The molecular formula is C15H11ClO3S. The fourth-order valence-corrected chi connectivity index (χ4v) is 2.72. The Morgan fingerprint density at radius 3 is 2.20 bits per heavy atom. The zero-order chi connectivity index (χ0) is 14.5. The molecule has 2 aromatic rings. The number of hydrogen-bond acceptors (Lipinski definition) is 3. The van der Waals surface area contributed by atoms with Crippen molar-refractivity contribution < 1.29 is 14.7 Å². The highest BCUT2D eigenvalue weighted by Crippen LogP contribution is 2.27. The lowest BCUT2D eigenvalue weighted by molar-refractivity contribution is 0.0696. The highest BCUT2D eigenvalue weighted by Gasteiger charge is 2.09. The standard InChI is InChI=1S/C15H11ClO3S/c16-12-3-1-2-4-14(12)20-9-13(17)10-5-7-11(8-6-10)15(18)19/h1-8H,9H2,(H,18,19). The number of hydrogen-bond donors (Lipinski definition) is 1. The zero-order valence-electron chi connectivity index (χ0n) is 10.4. The summed E-state index contributed by atoms with van der Waals surface area (Å²) in [6, 6.07) is 13.2. The van der Waals surface area contributed by atoms with Crippen LogP contribution in [-0.2, 0) is 0 Å². The summed E-state index contributed by atoms with van der Waals surface area (Å²) >= 11 is 7.37. The lowest BCUT2D eigenvalue weighted by atomic mass is 10.1. The van der Waals surface area contributed by atoms with Crippen molar-refractivity contribution in [3.8, 4) is 0 Å². The molecule has 0 fully saturated rings. The number of benzene rings is 2. The molecule has 3 nitrogen and oxygen atoms in total. The molecule has 0 bridgehead atoms. The molecule has 0 saturated heterocycles. The summed E-state index contributed by atoms with van der Waals surface area (Å²) in [6.45, 7) is 0. The highest BCUT2D eigenvalue weighted by atomic mass is 35.5. The molecule has 0 unspecified atom stereocenters. The maximum Gasteiger partial charge on any atom is 0.335 e. The summed E-state index contributed by atoms with van der Waals surface area (Å²) in [5.74, 6) is -0.808. The van der Waals surface area contributed by atoms with E-state index in [1.165, 1.54) is 36.0 Å². The van der Waals surface area contributed by atoms with E-state index in [0.29, 0.717) is 10.6 Å². The Morgan fingerprint density at radius 2 is 1.60 bits per heavy atom. The Kier molecular flexibility index (Phi) is 4.82. The van der Waals surface area contributed by atoms with Crippen LogP contribution < -0.4 is 0 Å². The van der Waals surface area contributed by atoms with Crippen molar-refractivity contribution in [2.45, 2.75) is 4.90 Å². The summed E-state index contributed by atoms with van der Waals surface area (Å²) in [5, 5.41) is 9.41. The summed E-state index contributed by atoms with van der Waals surface area (Å²) < 4.78 is 0. The molecule has 2 rings (SSSR count). The molecule has 0 amide bonds. The van der Waals surface area contributed by atoms with Gasteiger partial charge in [0.2, 0.25) is 0 Å². The maximum atomic E-state index is 12.0. The fourth-order valence-electron chi connectivity index (χ4n) is 1.59. The molecular weight excluding hydrogens is 296 g/mol. The maximum absolute atomic E-state index is 12.0. The second-order valence-corrected chi connectivity index (χ2v) is 5.45. The monoisotopic (exact) mass is 306 g/mol. The lowest BCUT2D eigenvalue weighted by Crippen LogP contribution is -2.03. The van der Waals surface area contributed by atoms with Crippen LogP contribution in [0, 0.1) is 0 Å². The van der Waals surface area contributed by atoms with E-state index in [4.69, 9.17) is 16.7 Å². The van der Waals surface area contributed by atoms with Crippen LogP contribution in [0.1, 0.15) is 20.7 Å². The number of Topliss-reactive ketones (excluding diaryl/α,β-unsaturated/α-hetero) is 1. The highest BCUT2D eigenvalue weighted by molar-refractivity contribution is 8.00. The van der Waals surface area contributed by atoms with Crippen LogP contribution >= 0.6 is 23.4 Å². The van der Waals surface area contributed by atoms with Crippen LogP contribution in [0.2, 0.25) is 5.02 Å². The molecule has 0 aromatic heterocycles. The smallest absolute Gasteiger partial charge is 0.335 e. The van der Waals surface area contributed by atoms with Gasteiger partial charge in [0.05, 0.1) is 16.3 Å². The number of rotatable bonds is 5. The van der Waals surface area contributed by atoms with Gasteiger partial charge in [0.25, 0.3) is 0 Å². The van der Waals surface area contributed by atoms with Crippen molar-refractivity contribution in [2.75, 3.05) is 5.75 Å². The summed E-state index contributed by atoms with van der Waals surface area (Å²) in [4.78, 5) is 23.6. The minimum absolute atomic E-state index is 0.0631. The number of carboxylic acids is 1. The first-order valence-electron chi connectivity index (χ1n) is 5.82. The van der Waals surface area contributed by atoms with Crippen molar-refractivity contribution in [3.63, 3.8) is 0 Å². The Bertz CT molecular complexity index is 638. The van der Waals surface area contributed by atoms with Crippen LogP contribution in [0.15, 0.2) is 53.4 Å². The third-order valence-electron chi connectivity index (χ3n) is 2.65. The third kappa shape index (κ3) is 3.62. The van der Waals surface area contributed by atoms with Gasteiger partial charge < -0.3 is 5.11 Å². The van der Waals surface area contributed by atoms with E-state index >= 15 is 0 Å². The molecule has 1 N–H and O–H groups in total. The molecule has 20 heavy (non-hydrogen) atoms. The van der Waals surface area contributed by atoms with Crippen LogP contribution in [-0.4, -0.2) is 22.6 Å². The van der Waals surface area contributed by atoms with Gasteiger partial charge in [-0.2, -0.15) is 0 Å². The molecule has 0 aliphatic heterocycles. The quantitative estimate of drug-likeness (QED) is 0.670. The topological polar surface area (TPSA) is 54.4 Å². The second kappa shape index (κ2) is 6.59. The first-order valence-corrected chi connectivity index (χ1v) is 7.18. The van der Waals surface area contributed by atoms with Crippen LogP contribution in [0.3, 0.4) is 0 Å². The molecule has 102 valence electrons. The van der Waals surface area contributed by atoms with Gasteiger partial charge in [0, 0.05) is 10.5 Å². The Balaban J connectivity index is 2.02. The molecule has 0 heterocycles. The average molecular weight is 307 g/mol. The fraction of sp³-hybridized carbons (Fsp3) is 0.0667. The molecule has 0 saturated carbocycles.